The fraction of sp³-hybridized carbons (Fsp3) is 0.455. The third-order valence-electron chi connectivity index (χ3n) is 5.95. The van der Waals surface area contributed by atoms with Crippen LogP contribution in [0.2, 0.25) is 0 Å². The molecule has 0 aliphatic carbocycles. The molecule has 11 heteroatoms. The van der Waals surface area contributed by atoms with Crippen molar-refractivity contribution in [3.05, 3.63) is 47.4 Å². The van der Waals surface area contributed by atoms with Gasteiger partial charge in [0.15, 0.2) is 15.5 Å². The van der Waals surface area contributed by atoms with E-state index in [-0.39, 0.29) is 28.4 Å². The number of fused-ring (bicyclic) bond motifs is 3. The normalized spacial score (nSPS) is 18.1. The van der Waals surface area contributed by atoms with Gasteiger partial charge in [-0.25, -0.2) is 18.4 Å². The van der Waals surface area contributed by atoms with Crippen LogP contribution in [-0.4, -0.2) is 40.9 Å². The number of benzene rings is 1. The van der Waals surface area contributed by atoms with Gasteiger partial charge in [0.05, 0.1) is 17.0 Å². The first kappa shape index (κ1) is 23.5. The zero-order chi connectivity index (χ0) is 24.3. The number of aromatic nitrogens is 3. The van der Waals surface area contributed by atoms with Gasteiger partial charge in [0.25, 0.3) is 0 Å². The summed E-state index contributed by atoms with van der Waals surface area (Å²) in [6.07, 6.45) is -3.90. The molecule has 3 aromatic rings. The maximum absolute atomic E-state index is 13.7. The van der Waals surface area contributed by atoms with E-state index in [0.29, 0.717) is 13.1 Å². The number of nitrogens with zero attached hydrogens (tertiary/aromatic N) is 4. The Morgan fingerprint density at radius 3 is 2.42 bits per heavy atom. The van der Waals surface area contributed by atoms with Gasteiger partial charge in [-0.3, -0.25) is 0 Å². The molecule has 33 heavy (non-hydrogen) atoms. The fourth-order valence-corrected chi connectivity index (χ4v) is 5.11. The molecule has 2 aromatic heterocycles. The van der Waals surface area contributed by atoms with Crippen LogP contribution in [0, 0.1) is 5.92 Å². The summed E-state index contributed by atoms with van der Waals surface area (Å²) >= 11 is 0. The molecule has 0 saturated heterocycles. The molecule has 0 spiro atoms. The van der Waals surface area contributed by atoms with E-state index >= 15 is 0 Å². The largest absolute Gasteiger partial charge is 0.433 e. The molecule has 1 N–H and O–H groups in total. The fourth-order valence-electron chi connectivity index (χ4n) is 4.47. The monoisotopic (exact) mass is 482 g/mol. The Hall–Kier alpha value is -2.66. The van der Waals surface area contributed by atoms with Crippen molar-refractivity contribution in [2.75, 3.05) is 17.7 Å². The van der Waals surface area contributed by atoms with Crippen molar-refractivity contribution in [1.29, 1.82) is 0 Å². The van der Waals surface area contributed by atoms with Crippen molar-refractivity contribution in [2.24, 2.45) is 5.92 Å². The van der Waals surface area contributed by atoms with Gasteiger partial charge < -0.3 is 14.6 Å². The molecule has 1 aromatic carbocycles. The van der Waals surface area contributed by atoms with Gasteiger partial charge in [-0.15, -0.1) is 0 Å². The first-order chi connectivity index (χ1) is 15.3. The standard InChI is InChI=1S/C22H25F3N4O3S/c1-12(2)19-18-9-14-5-6-15(33(4,31)32)10-17(14)28(18)7-8-29(19)21-26-11-16(13(3)30)20(27-21)22(23,24)25/h5-6,9-13,19,30H,7-8H2,1-4H3/t13-,19-/m0/s1. The highest BCUT2D eigenvalue weighted by Gasteiger charge is 2.39. The number of aliphatic hydroxyl groups excluding tert-OH is 1. The number of hydrogen-bond donors (Lipinski definition) is 1. The number of halogens is 3. The number of anilines is 1. The predicted octanol–water partition coefficient (Wildman–Crippen LogP) is 4.12. The third-order valence-corrected chi connectivity index (χ3v) is 7.06. The lowest BCUT2D eigenvalue weighted by Crippen LogP contribution is -2.41. The van der Waals surface area contributed by atoms with E-state index in [1.54, 1.807) is 23.1 Å². The summed E-state index contributed by atoms with van der Waals surface area (Å²) in [6, 6.07) is 6.55. The van der Waals surface area contributed by atoms with Crippen LogP contribution in [0.25, 0.3) is 10.9 Å². The average Bonchev–Trinajstić information content (AvgIpc) is 3.08. The van der Waals surface area contributed by atoms with E-state index in [1.807, 2.05) is 24.5 Å². The number of aliphatic hydroxyl groups is 1. The molecule has 3 heterocycles. The van der Waals surface area contributed by atoms with Crippen molar-refractivity contribution in [3.63, 3.8) is 0 Å². The van der Waals surface area contributed by atoms with E-state index < -0.39 is 27.8 Å². The number of hydrogen-bond acceptors (Lipinski definition) is 6. The second-order valence-electron chi connectivity index (χ2n) is 8.74. The lowest BCUT2D eigenvalue weighted by molar-refractivity contribution is -0.142. The molecule has 4 rings (SSSR count). The third kappa shape index (κ3) is 4.19. The zero-order valence-corrected chi connectivity index (χ0v) is 19.4. The molecule has 1 aliphatic rings. The molecule has 1 aliphatic heterocycles. The summed E-state index contributed by atoms with van der Waals surface area (Å²) in [7, 11) is -3.38. The van der Waals surface area contributed by atoms with Crippen molar-refractivity contribution in [3.8, 4) is 0 Å². The zero-order valence-electron chi connectivity index (χ0n) is 18.6. The molecule has 7 nitrogen and oxygen atoms in total. The molecule has 0 bridgehead atoms. The minimum atomic E-state index is -4.73. The van der Waals surface area contributed by atoms with Gasteiger partial charge >= 0.3 is 6.18 Å². The second-order valence-corrected chi connectivity index (χ2v) is 10.8. The minimum absolute atomic E-state index is 0.00267. The number of alkyl halides is 3. The molecular formula is C22H25F3N4O3S. The van der Waals surface area contributed by atoms with E-state index in [2.05, 4.69) is 9.97 Å². The van der Waals surface area contributed by atoms with Crippen molar-refractivity contribution < 1.29 is 26.7 Å². The van der Waals surface area contributed by atoms with Crippen LogP contribution in [0.5, 0.6) is 0 Å². The topological polar surface area (TPSA) is 88.3 Å². The van der Waals surface area contributed by atoms with E-state index in [0.717, 1.165) is 29.0 Å². The van der Waals surface area contributed by atoms with Gasteiger partial charge in [0.2, 0.25) is 5.95 Å². The average molecular weight is 483 g/mol. The van der Waals surface area contributed by atoms with Crippen LogP contribution in [-0.2, 0) is 22.6 Å². The number of rotatable bonds is 4. The summed E-state index contributed by atoms with van der Waals surface area (Å²) in [5.41, 5.74) is 0.105. The van der Waals surface area contributed by atoms with E-state index in [4.69, 9.17) is 0 Å². The molecule has 0 amide bonds. The Morgan fingerprint density at radius 2 is 1.85 bits per heavy atom. The quantitative estimate of drug-likeness (QED) is 0.602. The van der Waals surface area contributed by atoms with Crippen LogP contribution in [0.1, 0.15) is 49.9 Å². The predicted molar refractivity (Wildman–Crippen MR) is 118 cm³/mol. The molecule has 0 fully saturated rings. The SMILES string of the molecule is CC(C)[C@H]1c2cc3ccc(S(C)(=O)=O)cc3n2CCN1c1ncc([C@H](C)O)c(C(F)(F)F)n1. The van der Waals surface area contributed by atoms with Gasteiger partial charge in [-0.1, -0.05) is 19.9 Å². The molecule has 0 saturated carbocycles. The minimum Gasteiger partial charge on any atom is -0.389 e. The maximum Gasteiger partial charge on any atom is 0.433 e. The first-order valence-corrected chi connectivity index (χ1v) is 12.4. The van der Waals surface area contributed by atoms with Crippen molar-refractivity contribution >= 4 is 26.7 Å². The van der Waals surface area contributed by atoms with Crippen LogP contribution in [0.3, 0.4) is 0 Å². The summed E-state index contributed by atoms with van der Waals surface area (Å²) in [5, 5.41) is 10.6. The summed E-state index contributed by atoms with van der Waals surface area (Å²) in [5.74, 6) is -0.0594. The number of sulfone groups is 1. The van der Waals surface area contributed by atoms with Gasteiger partial charge in [0.1, 0.15) is 0 Å². The van der Waals surface area contributed by atoms with Gasteiger partial charge in [-0.05, 0) is 31.0 Å². The highest BCUT2D eigenvalue weighted by molar-refractivity contribution is 7.90. The highest BCUT2D eigenvalue weighted by Crippen LogP contribution is 2.40. The molecule has 0 unspecified atom stereocenters. The van der Waals surface area contributed by atoms with E-state index in [9.17, 15) is 26.7 Å². The smallest absolute Gasteiger partial charge is 0.389 e. The first-order valence-electron chi connectivity index (χ1n) is 10.5. The molecule has 2 atom stereocenters. The highest BCUT2D eigenvalue weighted by atomic mass is 32.2. The van der Waals surface area contributed by atoms with E-state index in [1.165, 1.54) is 6.92 Å². The maximum atomic E-state index is 13.7. The summed E-state index contributed by atoms with van der Waals surface area (Å²) < 4.78 is 67.0. The Labute approximate surface area is 189 Å². The van der Waals surface area contributed by atoms with Crippen molar-refractivity contribution in [2.45, 2.75) is 50.5 Å². The Balaban J connectivity index is 1.84. The summed E-state index contributed by atoms with van der Waals surface area (Å²) in [6.45, 7) is 5.93. The summed E-state index contributed by atoms with van der Waals surface area (Å²) in [4.78, 5) is 9.97. The Bertz CT molecular complexity index is 1320. The van der Waals surface area contributed by atoms with Crippen LogP contribution >= 0.6 is 0 Å². The van der Waals surface area contributed by atoms with Gasteiger partial charge in [-0.2, -0.15) is 13.2 Å². The molecular weight excluding hydrogens is 457 g/mol. The van der Waals surface area contributed by atoms with Crippen molar-refractivity contribution in [1.82, 2.24) is 14.5 Å². The second kappa shape index (κ2) is 7.98. The Morgan fingerprint density at radius 1 is 1.15 bits per heavy atom. The molecule has 178 valence electrons. The van der Waals surface area contributed by atoms with Gasteiger partial charge in [0, 0.05) is 47.7 Å². The van der Waals surface area contributed by atoms with Crippen LogP contribution in [0.4, 0.5) is 19.1 Å². The Kier molecular flexibility index (Phi) is 5.68. The lowest BCUT2D eigenvalue weighted by Gasteiger charge is -2.39. The van der Waals surface area contributed by atoms with Crippen LogP contribution < -0.4 is 4.90 Å². The van der Waals surface area contributed by atoms with Crippen LogP contribution in [0.15, 0.2) is 35.4 Å². The lowest BCUT2D eigenvalue weighted by atomic mass is 9.97. The molecule has 0 radical (unpaired) electrons.